The molecule has 1 amide bonds. The predicted octanol–water partition coefficient (Wildman–Crippen LogP) is 5.60. The Bertz CT molecular complexity index is 1220. The third-order valence-electron chi connectivity index (χ3n) is 4.46. The van der Waals surface area contributed by atoms with Crippen molar-refractivity contribution in [3.63, 3.8) is 0 Å². The lowest BCUT2D eigenvalue weighted by Gasteiger charge is -2.10. The molecule has 0 spiro atoms. The summed E-state index contributed by atoms with van der Waals surface area (Å²) in [6, 6.07) is 24.2. The summed E-state index contributed by atoms with van der Waals surface area (Å²) in [5.74, 6) is 0.197. The Morgan fingerprint density at radius 1 is 1.10 bits per heavy atom. The second-order valence-corrected chi connectivity index (χ2v) is 7.90. The Hall–Kier alpha value is -3.62. The molecule has 1 N–H and O–H groups in total. The molecule has 5 nitrogen and oxygen atoms in total. The predicted molar refractivity (Wildman–Crippen MR) is 128 cm³/mol. The van der Waals surface area contributed by atoms with Gasteiger partial charge in [-0.1, -0.05) is 42.0 Å². The van der Waals surface area contributed by atoms with Crippen LogP contribution >= 0.6 is 22.6 Å². The number of hydrogen-bond donors (Lipinski definition) is 1. The number of amides is 1. The molecule has 152 valence electrons. The highest BCUT2D eigenvalue weighted by Crippen LogP contribution is 2.25. The van der Waals surface area contributed by atoms with E-state index in [0.717, 1.165) is 14.7 Å². The van der Waals surface area contributed by atoms with Crippen molar-refractivity contribution in [3.8, 4) is 17.9 Å². The van der Waals surface area contributed by atoms with E-state index in [9.17, 15) is 15.3 Å². The van der Waals surface area contributed by atoms with E-state index in [-0.39, 0.29) is 12.2 Å². The van der Waals surface area contributed by atoms with Crippen LogP contribution in [0.3, 0.4) is 0 Å². The van der Waals surface area contributed by atoms with Crippen molar-refractivity contribution >= 4 is 40.3 Å². The number of nitrogens with zero attached hydrogens (tertiary/aromatic N) is 2. The maximum atomic E-state index is 12.4. The zero-order chi connectivity index (χ0) is 22.2. The second-order valence-electron chi connectivity index (χ2n) is 6.74. The summed E-state index contributed by atoms with van der Waals surface area (Å²) < 4.78 is 6.69. The van der Waals surface area contributed by atoms with Crippen molar-refractivity contribution in [1.82, 2.24) is 0 Å². The fraction of sp³-hybridized carbons (Fsp3) is 0.0800. The van der Waals surface area contributed by atoms with E-state index in [4.69, 9.17) is 4.74 Å². The van der Waals surface area contributed by atoms with Crippen molar-refractivity contribution in [3.05, 3.63) is 98.1 Å². The zero-order valence-corrected chi connectivity index (χ0v) is 18.9. The van der Waals surface area contributed by atoms with Crippen LogP contribution in [-0.2, 0) is 11.4 Å². The molecule has 0 aliphatic heterocycles. The van der Waals surface area contributed by atoms with Crippen molar-refractivity contribution in [1.29, 1.82) is 10.5 Å². The van der Waals surface area contributed by atoms with Crippen LogP contribution in [0.4, 0.5) is 5.69 Å². The van der Waals surface area contributed by atoms with Gasteiger partial charge in [0.1, 0.15) is 24.0 Å². The van der Waals surface area contributed by atoms with Crippen molar-refractivity contribution in [2.24, 2.45) is 0 Å². The summed E-state index contributed by atoms with van der Waals surface area (Å²) in [5, 5.41) is 21.4. The van der Waals surface area contributed by atoms with Crippen LogP contribution < -0.4 is 10.1 Å². The van der Waals surface area contributed by atoms with Gasteiger partial charge in [0.25, 0.3) is 5.91 Å². The summed E-state index contributed by atoms with van der Waals surface area (Å²) in [7, 11) is 0. The molecular weight excluding hydrogens is 501 g/mol. The quantitative estimate of drug-likeness (QED) is 0.261. The van der Waals surface area contributed by atoms with Crippen molar-refractivity contribution in [2.75, 3.05) is 5.32 Å². The first-order chi connectivity index (χ1) is 15.0. The van der Waals surface area contributed by atoms with E-state index in [2.05, 4.69) is 34.0 Å². The molecule has 3 rings (SSSR count). The highest BCUT2D eigenvalue weighted by molar-refractivity contribution is 14.1. The topological polar surface area (TPSA) is 85.9 Å². The van der Waals surface area contributed by atoms with Gasteiger partial charge in [-0.3, -0.25) is 4.79 Å². The van der Waals surface area contributed by atoms with E-state index in [1.807, 2.05) is 49.4 Å². The molecule has 0 aliphatic rings. The van der Waals surface area contributed by atoms with E-state index in [1.165, 1.54) is 0 Å². The molecule has 0 atom stereocenters. The molecule has 0 saturated carbocycles. The lowest BCUT2D eigenvalue weighted by atomic mass is 10.1. The Kier molecular flexibility index (Phi) is 7.42. The minimum atomic E-state index is -0.463. The SMILES string of the molecule is Cc1ccc(NC(=O)/C(C#N)=C/c2ccc(OCc3ccccc3C#N)c(I)c2)cc1. The number of anilines is 1. The van der Waals surface area contributed by atoms with Gasteiger partial charge in [-0.05, 0) is 71.5 Å². The summed E-state index contributed by atoms with van der Waals surface area (Å²) in [4.78, 5) is 12.4. The largest absolute Gasteiger partial charge is 0.488 e. The van der Waals surface area contributed by atoms with Crippen LogP contribution in [0.15, 0.2) is 72.3 Å². The van der Waals surface area contributed by atoms with Gasteiger partial charge in [-0.2, -0.15) is 10.5 Å². The van der Waals surface area contributed by atoms with Gasteiger partial charge >= 0.3 is 0 Å². The number of ether oxygens (including phenoxy) is 1. The van der Waals surface area contributed by atoms with Crippen LogP contribution in [-0.4, -0.2) is 5.91 Å². The molecule has 0 unspecified atom stereocenters. The minimum absolute atomic E-state index is 0.00740. The number of carbonyl (C=O) groups excluding carboxylic acids is 1. The molecule has 0 aromatic heterocycles. The Labute approximate surface area is 194 Å². The molecule has 0 heterocycles. The highest BCUT2D eigenvalue weighted by Gasteiger charge is 2.11. The smallest absolute Gasteiger partial charge is 0.266 e. The van der Waals surface area contributed by atoms with Crippen molar-refractivity contribution < 1.29 is 9.53 Å². The molecule has 6 heteroatoms. The van der Waals surface area contributed by atoms with Crippen LogP contribution in [0, 0.1) is 33.2 Å². The summed E-state index contributed by atoms with van der Waals surface area (Å²) in [6.45, 7) is 2.24. The zero-order valence-electron chi connectivity index (χ0n) is 16.7. The van der Waals surface area contributed by atoms with E-state index < -0.39 is 5.91 Å². The second kappa shape index (κ2) is 10.4. The number of carbonyl (C=O) groups is 1. The van der Waals surface area contributed by atoms with Crippen LogP contribution in [0.1, 0.15) is 22.3 Å². The average molecular weight is 519 g/mol. The maximum Gasteiger partial charge on any atom is 0.266 e. The summed E-state index contributed by atoms with van der Waals surface area (Å²) >= 11 is 2.14. The Morgan fingerprint density at radius 2 is 1.84 bits per heavy atom. The van der Waals surface area contributed by atoms with Crippen LogP contribution in [0.2, 0.25) is 0 Å². The molecule has 0 saturated heterocycles. The lowest BCUT2D eigenvalue weighted by molar-refractivity contribution is -0.112. The van der Waals surface area contributed by atoms with E-state index >= 15 is 0 Å². The average Bonchev–Trinajstić information content (AvgIpc) is 2.78. The standard InChI is InChI=1S/C25H18IN3O2/c1-17-6-9-22(10-7-17)29-25(30)21(15-28)12-18-8-11-24(23(26)13-18)31-16-20-5-3-2-4-19(20)14-27/h2-13H,16H2,1H3,(H,29,30)/b21-12+. The van der Waals surface area contributed by atoms with Gasteiger partial charge in [-0.25, -0.2) is 0 Å². The minimum Gasteiger partial charge on any atom is -0.488 e. The number of nitriles is 2. The van der Waals surface area contributed by atoms with Crippen molar-refractivity contribution in [2.45, 2.75) is 13.5 Å². The van der Waals surface area contributed by atoms with E-state index in [0.29, 0.717) is 22.6 Å². The molecule has 0 aliphatic carbocycles. The molecule has 0 fully saturated rings. The third kappa shape index (κ3) is 5.94. The Balaban J connectivity index is 1.72. The van der Waals surface area contributed by atoms with E-state index in [1.54, 1.807) is 36.4 Å². The first-order valence-corrected chi connectivity index (χ1v) is 10.5. The number of benzene rings is 3. The first kappa shape index (κ1) is 22.1. The monoisotopic (exact) mass is 519 g/mol. The number of halogens is 1. The van der Waals surface area contributed by atoms with Gasteiger partial charge in [0.2, 0.25) is 0 Å². The summed E-state index contributed by atoms with van der Waals surface area (Å²) in [5.41, 5.74) is 3.83. The van der Waals surface area contributed by atoms with Gasteiger partial charge in [0, 0.05) is 11.3 Å². The fourth-order valence-electron chi connectivity index (χ4n) is 2.79. The first-order valence-electron chi connectivity index (χ1n) is 9.40. The third-order valence-corrected chi connectivity index (χ3v) is 5.31. The summed E-state index contributed by atoms with van der Waals surface area (Å²) in [6.07, 6.45) is 1.54. The van der Waals surface area contributed by atoms with Crippen LogP contribution in [0.5, 0.6) is 5.75 Å². The van der Waals surface area contributed by atoms with Crippen LogP contribution in [0.25, 0.3) is 6.08 Å². The maximum absolute atomic E-state index is 12.4. The van der Waals surface area contributed by atoms with Gasteiger partial charge in [-0.15, -0.1) is 0 Å². The van der Waals surface area contributed by atoms with Gasteiger partial charge < -0.3 is 10.1 Å². The van der Waals surface area contributed by atoms with Gasteiger partial charge in [0.05, 0.1) is 15.2 Å². The number of nitrogens with one attached hydrogen (secondary N) is 1. The number of hydrogen-bond acceptors (Lipinski definition) is 4. The molecule has 31 heavy (non-hydrogen) atoms. The number of aryl methyl sites for hydroxylation is 1. The highest BCUT2D eigenvalue weighted by atomic mass is 127. The molecular formula is C25H18IN3O2. The van der Waals surface area contributed by atoms with Gasteiger partial charge in [0.15, 0.2) is 0 Å². The molecule has 3 aromatic carbocycles. The molecule has 0 bridgehead atoms. The fourth-order valence-corrected chi connectivity index (χ4v) is 3.48. The molecule has 3 aromatic rings. The normalized spacial score (nSPS) is 10.6. The number of rotatable bonds is 6. The Morgan fingerprint density at radius 3 is 2.52 bits per heavy atom. The molecule has 0 radical (unpaired) electrons. The lowest BCUT2D eigenvalue weighted by Crippen LogP contribution is -2.13.